The molecule has 3 rings (SSSR count). The van der Waals surface area contributed by atoms with Crippen molar-refractivity contribution < 1.29 is 25.8 Å². The van der Waals surface area contributed by atoms with Crippen LogP contribution in [0, 0.1) is 0 Å². The number of sulfone groups is 1. The molecule has 0 radical (unpaired) electrons. The maximum Gasteiger partial charge on any atom is 0.264 e. The molecule has 0 aromatic heterocycles. The Morgan fingerprint density at radius 3 is 2.29 bits per heavy atom. The Kier molecular flexibility index (Phi) is 6.64. The lowest BCUT2D eigenvalue weighted by Crippen LogP contribution is -2.45. The number of allylic oxidation sites excluding steroid dienone is 2. The van der Waals surface area contributed by atoms with Crippen LogP contribution in [0.25, 0.3) is 0 Å². The van der Waals surface area contributed by atoms with Gasteiger partial charge in [-0.1, -0.05) is 54.1 Å². The van der Waals surface area contributed by atoms with Crippen molar-refractivity contribution in [3.05, 3.63) is 90.0 Å². The number of hydrogen-bond donors (Lipinski definition) is 0. The van der Waals surface area contributed by atoms with Crippen LogP contribution in [0.4, 0.5) is 0 Å². The molecule has 0 fully saturated rings. The van der Waals surface area contributed by atoms with E-state index in [4.69, 9.17) is 4.18 Å². The number of carbonyl (C=O) groups excluding carboxylic acids is 1. The summed E-state index contributed by atoms with van der Waals surface area (Å²) in [5.41, 5.74) is -0.0418. The highest BCUT2D eigenvalue weighted by molar-refractivity contribution is 7.91. The Morgan fingerprint density at radius 1 is 1.00 bits per heavy atom. The quantitative estimate of drug-likeness (QED) is 0.420. The van der Waals surface area contributed by atoms with E-state index in [1.54, 1.807) is 48.5 Å². The first-order chi connectivity index (χ1) is 14.6. The smallest absolute Gasteiger partial charge is 0.264 e. The van der Waals surface area contributed by atoms with Gasteiger partial charge in [0.2, 0.25) is 0 Å². The first kappa shape index (κ1) is 23.1. The molecular formula is C23H24O6S2. The lowest BCUT2D eigenvalue weighted by Gasteiger charge is -2.39. The molecule has 0 heterocycles. The Morgan fingerprint density at radius 2 is 1.65 bits per heavy atom. The van der Waals surface area contributed by atoms with Gasteiger partial charge in [0.05, 0.1) is 28.9 Å². The van der Waals surface area contributed by atoms with Gasteiger partial charge in [0.15, 0.2) is 15.6 Å². The molecule has 164 valence electrons. The van der Waals surface area contributed by atoms with E-state index in [0.717, 1.165) is 6.26 Å². The molecule has 6 nitrogen and oxygen atoms in total. The van der Waals surface area contributed by atoms with E-state index in [1.165, 1.54) is 18.2 Å². The SMILES string of the molecule is C=CCCC1=CC(=O)c2ccccc2C1(COS(C)(=O)=O)CS(=O)(=O)c1ccccc1. The van der Waals surface area contributed by atoms with Crippen LogP contribution in [-0.4, -0.2) is 41.2 Å². The van der Waals surface area contributed by atoms with Crippen LogP contribution in [0.5, 0.6) is 0 Å². The first-order valence-electron chi connectivity index (χ1n) is 9.67. The maximum absolute atomic E-state index is 13.4. The number of rotatable bonds is 9. The third-order valence-electron chi connectivity index (χ3n) is 5.30. The summed E-state index contributed by atoms with van der Waals surface area (Å²) >= 11 is 0. The van der Waals surface area contributed by atoms with Crippen molar-refractivity contribution in [1.82, 2.24) is 0 Å². The van der Waals surface area contributed by atoms with Crippen LogP contribution >= 0.6 is 0 Å². The highest BCUT2D eigenvalue weighted by atomic mass is 32.2. The number of ketones is 1. The topological polar surface area (TPSA) is 94.6 Å². The molecule has 2 aromatic rings. The summed E-state index contributed by atoms with van der Waals surface area (Å²) in [7, 11) is -7.73. The molecule has 1 aliphatic rings. The number of fused-ring (bicyclic) bond motifs is 1. The van der Waals surface area contributed by atoms with E-state index >= 15 is 0 Å². The highest BCUT2D eigenvalue weighted by Crippen LogP contribution is 2.43. The molecule has 8 heteroatoms. The Bertz CT molecular complexity index is 1230. The Balaban J connectivity index is 2.24. The molecule has 0 N–H and O–H groups in total. The summed E-state index contributed by atoms with van der Waals surface area (Å²) in [6, 6.07) is 14.6. The molecule has 1 aliphatic carbocycles. The molecule has 0 saturated heterocycles. The lowest BCUT2D eigenvalue weighted by molar-refractivity contribution is 0.103. The van der Waals surface area contributed by atoms with Crippen LogP contribution in [0.2, 0.25) is 0 Å². The molecule has 1 unspecified atom stereocenters. The second kappa shape index (κ2) is 8.90. The minimum Gasteiger partial charge on any atom is -0.289 e. The third-order valence-corrected chi connectivity index (χ3v) is 7.71. The fourth-order valence-electron chi connectivity index (χ4n) is 3.86. The number of hydrogen-bond acceptors (Lipinski definition) is 6. The fourth-order valence-corrected chi connectivity index (χ4v) is 6.08. The van der Waals surface area contributed by atoms with Gasteiger partial charge in [0.1, 0.15) is 0 Å². The predicted octanol–water partition coefficient (Wildman–Crippen LogP) is 3.46. The molecule has 0 aliphatic heterocycles. The number of carbonyl (C=O) groups is 1. The largest absolute Gasteiger partial charge is 0.289 e. The van der Waals surface area contributed by atoms with E-state index in [0.29, 0.717) is 29.5 Å². The van der Waals surface area contributed by atoms with Gasteiger partial charge < -0.3 is 0 Å². The summed E-state index contributed by atoms with van der Waals surface area (Å²) in [6.45, 7) is 3.28. The average Bonchev–Trinajstić information content (AvgIpc) is 2.73. The van der Waals surface area contributed by atoms with Gasteiger partial charge in [-0.3, -0.25) is 8.98 Å². The van der Waals surface area contributed by atoms with E-state index in [9.17, 15) is 21.6 Å². The zero-order valence-electron chi connectivity index (χ0n) is 17.2. The second-order valence-corrected chi connectivity index (χ2v) is 11.2. The highest BCUT2D eigenvalue weighted by Gasteiger charge is 2.46. The van der Waals surface area contributed by atoms with Crippen molar-refractivity contribution in [2.75, 3.05) is 18.6 Å². The van der Waals surface area contributed by atoms with Gasteiger partial charge in [-0.15, -0.1) is 6.58 Å². The standard InChI is InChI=1S/C23H24O6S2/c1-3-4-10-18-15-22(24)20-13-8-9-14-21(20)23(18,16-29-30(2,25)26)17-31(27,28)19-11-6-5-7-12-19/h3,5-9,11-15H,1,4,10,16-17H2,2H3. The van der Waals surface area contributed by atoms with E-state index < -0.39 is 37.7 Å². The molecule has 1 atom stereocenters. The molecular weight excluding hydrogens is 436 g/mol. The van der Waals surface area contributed by atoms with Crippen LogP contribution < -0.4 is 0 Å². The molecule has 0 spiro atoms. The monoisotopic (exact) mass is 460 g/mol. The molecule has 31 heavy (non-hydrogen) atoms. The second-order valence-electron chi connectivity index (χ2n) is 7.53. The molecule has 0 bridgehead atoms. The summed E-state index contributed by atoms with van der Waals surface area (Å²) in [6.07, 6.45) is 4.84. The van der Waals surface area contributed by atoms with Gasteiger partial charge >= 0.3 is 0 Å². The molecule has 0 amide bonds. The van der Waals surface area contributed by atoms with Crippen LogP contribution in [0.3, 0.4) is 0 Å². The van der Waals surface area contributed by atoms with E-state index in [1.807, 2.05) is 0 Å². The van der Waals surface area contributed by atoms with Gasteiger partial charge in [-0.05, 0) is 36.6 Å². The van der Waals surface area contributed by atoms with Crippen molar-refractivity contribution in [2.24, 2.45) is 0 Å². The summed E-state index contributed by atoms with van der Waals surface area (Å²) in [5.74, 6) is -0.686. The normalized spacial score (nSPS) is 18.9. The van der Waals surface area contributed by atoms with Crippen molar-refractivity contribution in [3.8, 4) is 0 Å². The van der Waals surface area contributed by atoms with Crippen LogP contribution in [0.1, 0.15) is 28.8 Å². The van der Waals surface area contributed by atoms with Crippen molar-refractivity contribution in [3.63, 3.8) is 0 Å². The Labute approximate surface area is 183 Å². The van der Waals surface area contributed by atoms with Crippen molar-refractivity contribution in [2.45, 2.75) is 23.2 Å². The van der Waals surface area contributed by atoms with Gasteiger partial charge in [-0.2, -0.15) is 8.42 Å². The van der Waals surface area contributed by atoms with Gasteiger partial charge in [0, 0.05) is 5.56 Å². The van der Waals surface area contributed by atoms with Gasteiger partial charge in [-0.25, -0.2) is 8.42 Å². The van der Waals surface area contributed by atoms with Crippen molar-refractivity contribution >= 4 is 25.7 Å². The zero-order chi connectivity index (χ0) is 22.7. The van der Waals surface area contributed by atoms with Crippen molar-refractivity contribution in [1.29, 1.82) is 0 Å². The minimum absolute atomic E-state index is 0.117. The first-order valence-corrected chi connectivity index (χ1v) is 13.1. The van der Waals surface area contributed by atoms with Crippen LogP contribution in [-0.2, 0) is 29.6 Å². The lowest BCUT2D eigenvalue weighted by atomic mass is 9.68. The van der Waals surface area contributed by atoms with E-state index in [2.05, 4.69) is 6.58 Å². The summed E-state index contributed by atoms with van der Waals surface area (Å²) < 4.78 is 55.7. The summed E-state index contributed by atoms with van der Waals surface area (Å²) in [4.78, 5) is 12.9. The minimum atomic E-state index is -3.87. The fraction of sp³-hybridized carbons (Fsp3) is 0.261. The maximum atomic E-state index is 13.4. The van der Waals surface area contributed by atoms with E-state index in [-0.39, 0.29) is 10.7 Å². The third kappa shape index (κ3) is 5.03. The zero-order valence-corrected chi connectivity index (χ0v) is 18.8. The average molecular weight is 461 g/mol. The molecule has 0 saturated carbocycles. The van der Waals surface area contributed by atoms with Gasteiger partial charge in [0.25, 0.3) is 10.1 Å². The predicted molar refractivity (Wildman–Crippen MR) is 119 cm³/mol. The molecule has 2 aromatic carbocycles. The number of benzene rings is 2. The summed E-state index contributed by atoms with van der Waals surface area (Å²) in [5, 5.41) is 0. The van der Waals surface area contributed by atoms with Crippen LogP contribution in [0.15, 0.2) is 83.8 Å². The Hall–Kier alpha value is -2.55.